The molecule has 4 heteroatoms. The Bertz CT molecular complexity index is 557. The van der Waals surface area contributed by atoms with Crippen molar-refractivity contribution in [1.29, 1.82) is 5.26 Å². The summed E-state index contributed by atoms with van der Waals surface area (Å²) in [5, 5.41) is 8.97. The monoisotopic (exact) mass is 285 g/mol. The van der Waals surface area contributed by atoms with E-state index in [0.29, 0.717) is 13.1 Å². The molecule has 0 aromatic heterocycles. The largest absolute Gasteiger partial charge is 0.336 e. The molecule has 1 aromatic rings. The third kappa shape index (κ3) is 3.25. The Morgan fingerprint density at radius 3 is 2.14 bits per heavy atom. The second-order valence-corrected chi connectivity index (χ2v) is 5.91. The lowest BCUT2D eigenvalue weighted by Crippen LogP contribution is -2.51. The van der Waals surface area contributed by atoms with E-state index >= 15 is 0 Å². The van der Waals surface area contributed by atoms with E-state index in [1.54, 1.807) is 0 Å². The van der Waals surface area contributed by atoms with Crippen LogP contribution in [0.4, 0.5) is 0 Å². The van der Waals surface area contributed by atoms with Gasteiger partial charge >= 0.3 is 0 Å². The summed E-state index contributed by atoms with van der Waals surface area (Å²) in [6.45, 7) is 10.9. The van der Waals surface area contributed by atoms with Crippen molar-refractivity contribution in [2.24, 2.45) is 0 Å². The summed E-state index contributed by atoms with van der Waals surface area (Å²) in [7, 11) is 0. The van der Waals surface area contributed by atoms with Crippen molar-refractivity contribution in [3.8, 4) is 6.07 Å². The van der Waals surface area contributed by atoms with Crippen molar-refractivity contribution in [2.45, 2.75) is 33.7 Å². The molecule has 0 aliphatic carbocycles. The fourth-order valence-corrected chi connectivity index (χ4v) is 3.07. The van der Waals surface area contributed by atoms with Crippen LogP contribution < -0.4 is 0 Å². The average Bonchev–Trinajstić information content (AvgIpc) is 2.45. The maximum atomic E-state index is 12.7. The first kappa shape index (κ1) is 15.5. The van der Waals surface area contributed by atoms with E-state index in [-0.39, 0.29) is 11.9 Å². The molecule has 1 saturated heterocycles. The number of nitrogens with zero attached hydrogens (tertiary/aromatic N) is 3. The van der Waals surface area contributed by atoms with Crippen LogP contribution in [0, 0.1) is 32.1 Å². The Morgan fingerprint density at radius 2 is 1.67 bits per heavy atom. The molecule has 0 N–H and O–H groups in total. The second-order valence-electron chi connectivity index (χ2n) is 5.91. The van der Waals surface area contributed by atoms with Crippen LogP contribution in [0.15, 0.2) is 12.1 Å². The van der Waals surface area contributed by atoms with E-state index in [2.05, 4.69) is 30.0 Å². The lowest BCUT2D eigenvalue weighted by Gasteiger charge is -2.36. The number of amides is 1. The Labute approximate surface area is 127 Å². The number of aryl methyl sites for hydroxylation is 3. The quantitative estimate of drug-likeness (QED) is 0.837. The predicted molar refractivity (Wildman–Crippen MR) is 83.2 cm³/mol. The Balaban J connectivity index is 2.11. The summed E-state index contributed by atoms with van der Waals surface area (Å²) in [4.78, 5) is 16.8. The zero-order valence-corrected chi connectivity index (χ0v) is 13.3. The van der Waals surface area contributed by atoms with Gasteiger partial charge in [0.2, 0.25) is 0 Å². The molecule has 0 spiro atoms. The summed E-state index contributed by atoms with van der Waals surface area (Å²) < 4.78 is 0. The average molecular weight is 285 g/mol. The molecule has 21 heavy (non-hydrogen) atoms. The lowest BCUT2D eigenvalue weighted by atomic mass is 9.98. The van der Waals surface area contributed by atoms with Crippen LogP contribution in [0.5, 0.6) is 0 Å². The number of rotatable bonds is 2. The number of carbonyl (C=O) groups is 1. The Morgan fingerprint density at radius 1 is 1.14 bits per heavy atom. The normalized spacial score (nSPS) is 17.4. The standard InChI is InChI=1S/C17H23N3O/c1-12-9-13(2)16(14(3)10-12)17(21)20-7-5-19(6-8-20)15(4)11-18/h9-10,15H,5-8H2,1-4H3. The molecule has 2 rings (SSSR count). The fraction of sp³-hybridized carbons (Fsp3) is 0.529. The molecule has 0 bridgehead atoms. The number of piperazine rings is 1. The molecule has 1 aliphatic rings. The summed E-state index contributed by atoms with van der Waals surface area (Å²) in [5.74, 6) is 0.120. The molecule has 0 saturated carbocycles. The van der Waals surface area contributed by atoms with E-state index in [9.17, 15) is 4.79 Å². The lowest BCUT2D eigenvalue weighted by molar-refractivity contribution is 0.0614. The molecular formula is C17H23N3O. The molecule has 1 amide bonds. The van der Waals surface area contributed by atoms with Gasteiger partial charge in [-0.1, -0.05) is 17.7 Å². The molecule has 0 radical (unpaired) electrons. The SMILES string of the molecule is Cc1cc(C)c(C(=O)N2CCN(C(C)C#N)CC2)c(C)c1. The second kappa shape index (κ2) is 6.28. The number of benzene rings is 1. The highest BCUT2D eigenvalue weighted by atomic mass is 16.2. The van der Waals surface area contributed by atoms with Crippen molar-refractivity contribution < 1.29 is 4.79 Å². The van der Waals surface area contributed by atoms with Crippen LogP contribution in [0.25, 0.3) is 0 Å². The summed E-state index contributed by atoms with van der Waals surface area (Å²) >= 11 is 0. The molecule has 112 valence electrons. The van der Waals surface area contributed by atoms with Gasteiger partial charge < -0.3 is 4.90 Å². The molecule has 1 fully saturated rings. The summed E-state index contributed by atoms with van der Waals surface area (Å²) in [6, 6.07) is 6.31. The first-order valence-corrected chi connectivity index (χ1v) is 7.45. The molecule has 1 aliphatic heterocycles. The van der Waals surface area contributed by atoms with Crippen molar-refractivity contribution >= 4 is 5.91 Å². The minimum Gasteiger partial charge on any atom is -0.336 e. The highest BCUT2D eigenvalue weighted by Gasteiger charge is 2.26. The van der Waals surface area contributed by atoms with Crippen LogP contribution in [-0.2, 0) is 0 Å². The van der Waals surface area contributed by atoms with E-state index in [1.807, 2.05) is 25.7 Å². The number of carbonyl (C=O) groups excluding carboxylic acids is 1. The Hall–Kier alpha value is -1.86. The fourth-order valence-electron chi connectivity index (χ4n) is 3.07. The van der Waals surface area contributed by atoms with Crippen LogP contribution in [0.1, 0.15) is 34.0 Å². The predicted octanol–water partition coefficient (Wildman–Crippen LogP) is 2.28. The maximum absolute atomic E-state index is 12.7. The topological polar surface area (TPSA) is 47.3 Å². The first-order valence-electron chi connectivity index (χ1n) is 7.45. The van der Waals surface area contributed by atoms with Crippen molar-refractivity contribution in [1.82, 2.24) is 9.80 Å². The van der Waals surface area contributed by atoms with Gasteiger partial charge in [-0.25, -0.2) is 0 Å². The van der Waals surface area contributed by atoms with Gasteiger partial charge in [-0.3, -0.25) is 9.69 Å². The van der Waals surface area contributed by atoms with Gasteiger partial charge in [0.1, 0.15) is 0 Å². The molecule has 1 heterocycles. The summed E-state index contributed by atoms with van der Waals surface area (Å²) in [6.07, 6.45) is 0. The van der Waals surface area contributed by atoms with Crippen molar-refractivity contribution in [2.75, 3.05) is 26.2 Å². The third-order valence-corrected chi connectivity index (χ3v) is 4.23. The zero-order chi connectivity index (χ0) is 15.6. The number of hydrogen-bond donors (Lipinski definition) is 0. The highest BCUT2D eigenvalue weighted by Crippen LogP contribution is 2.19. The third-order valence-electron chi connectivity index (χ3n) is 4.23. The minimum atomic E-state index is -0.0786. The molecular weight excluding hydrogens is 262 g/mol. The van der Waals surface area contributed by atoms with Crippen LogP contribution in [0.2, 0.25) is 0 Å². The van der Waals surface area contributed by atoms with E-state index in [4.69, 9.17) is 5.26 Å². The number of hydrogen-bond acceptors (Lipinski definition) is 3. The number of nitriles is 1. The molecule has 1 unspecified atom stereocenters. The molecule has 1 aromatic carbocycles. The Kier molecular flexibility index (Phi) is 4.64. The smallest absolute Gasteiger partial charge is 0.254 e. The summed E-state index contributed by atoms with van der Waals surface area (Å²) in [5.41, 5.74) is 4.12. The van der Waals surface area contributed by atoms with Crippen molar-refractivity contribution in [3.05, 3.63) is 34.4 Å². The van der Waals surface area contributed by atoms with Crippen LogP contribution in [0.3, 0.4) is 0 Å². The van der Waals surface area contributed by atoms with E-state index in [1.165, 1.54) is 5.56 Å². The van der Waals surface area contributed by atoms with Gasteiger partial charge in [-0.05, 0) is 38.8 Å². The van der Waals surface area contributed by atoms with E-state index < -0.39 is 0 Å². The minimum absolute atomic E-state index is 0.0786. The maximum Gasteiger partial charge on any atom is 0.254 e. The molecule has 4 nitrogen and oxygen atoms in total. The highest BCUT2D eigenvalue weighted by molar-refractivity contribution is 5.97. The van der Waals surface area contributed by atoms with Crippen molar-refractivity contribution in [3.63, 3.8) is 0 Å². The first-order chi connectivity index (χ1) is 9.93. The van der Waals surface area contributed by atoms with Gasteiger partial charge in [-0.15, -0.1) is 0 Å². The zero-order valence-electron chi connectivity index (χ0n) is 13.3. The van der Waals surface area contributed by atoms with E-state index in [0.717, 1.165) is 29.8 Å². The van der Waals surface area contributed by atoms with Gasteiger partial charge in [0.15, 0.2) is 0 Å². The molecule has 1 atom stereocenters. The van der Waals surface area contributed by atoms with Gasteiger partial charge in [0.05, 0.1) is 12.1 Å². The van der Waals surface area contributed by atoms with Crippen LogP contribution in [-0.4, -0.2) is 47.9 Å². The van der Waals surface area contributed by atoms with Gasteiger partial charge in [0.25, 0.3) is 5.91 Å². The van der Waals surface area contributed by atoms with Gasteiger partial charge in [-0.2, -0.15) is 5.26 Å². The van der Waals surface area contributed by atoms with Crippen LogP contribution >= 0.6 is 0 Å². The van der Waals surface area contributed by atoms with Gasteiger partial charge in [0, 0.05) is 31.7 Å².